The lowest BCUT2D eigenvalue weighted by Gasteiger charge is -2.60. The highest BCUT2D eigenvalue weighted by Crippen LogP contribution is 2.67. The fraction of sp³-hybridized carbons (Fsp3) is 0.963. The third-order valence-corrected chi connectivity index (χ3v) is 11.0. The van der Waals surface area contributed by atoms with Crippen LogP contribution in [-0.2, 0) is 4.79 Å². The largest absolute Gasteiger partial charge is 0.393 e. The molecule has 0 aromatic carbocycles. The van der Waals surface area contributed by atoms with Crippen molar-refractivity contribution in [1.29, 1.82) is 0 Å². The van der Waals surface area contributed by atoms with Crippen LogP contribution in [0.4, 0.5) is 0 Å². The molecule has 166 valence electrons. The first-order valence-corrected chi connectivity index (χ1v) is 12.9. The predicted octanol–water partition coefficient (Wildman–Crippen LogP) is 6.65. The van der Waals surface area contributed by atoms with Crippen LogP contribution in [0, 0.1) is 52.3 Å². The zero-order chi connectivity index (χ0) is 21.0. The highest BCUT2D eigenvalue weighted by Gasteiger charge is 2.62. The summed E-state index contributed by atoms with van der Waals surface area (Å²) in [4.78, 5) is 13.2. The Morgan fingerprint density at radius 3 is 2.41 bits per heavy atom. The Hall–Kier alpha value is -0.370. The number of carbonyl (C=O) groups excluding carboxylic acids is 1. The van der Waals surface area contributed by atoms with Crippen molar-refractivity contribution >= 4 is 5.78 Å². The van der Waals surface area contributed by atoms with Gasteiger partial charge in [0.2, 0.25) is 0 Å². The first-order chi connectivity index (χ1) is 13.7. The summed E-state index contributed by atoms with van der Waals surface area (Å²) in [7, 11) is 0. The molecule has 0 heterocycles. The van der Waals surface area contributed by atoms with Gasteiger partial charge in [-0.25, -0.2) is 0 Å². The molecule has 1 N–H and O–H groups in total. The number of fused-ring (bicyclic) bond motifs is 5. The van der Waals surface area contributed by atoms with Crippen LogP contribution in [0.3, 0.4) is 0 Å². The zero-order valence-corrected chi connectivity index (χ0v) is 19.8. The van der Waals surface area contributed by atoms with Crippen LogP contribution in [0.25, 0.3) is 0 Å². The summed E-state index contributed by atoms with van der Waals surface area (Å²) in [6.07, 6.45) is 12.8. The first-order valence-electron chi connectivity index (χ1n) is 12.9. The molecule has 0 amide bonds. The van der Waals surface area contributed by atoms with Crippen LogP contribution < -0.4 is 0 Å². The first kappa shape index (κ1) is 21.8. The van der Waals surface area contributed by atoms with E-state index < -0.39 is 0 Å². The fourth-order valence-corrected chi connectivity index (χ4v) is 8.95. The van der Waals surface area contributed by atoms with Crippen LogP contribution >= 0.6 is 0 Å². The van der Waals surface area contributed by atoms with Crippen molar-refractivity contribution in [3.05, 3.63) is 0 Å². The van der Waals surface area contributed by atoms with Crippen molar-refractivity contribution < 1.29 is 9.90 Å². The van der Waals surface area contributed by atoms with Crippen molar-refractivity contribution in [2.75, 3.05) is 0 Å². The topological polar surface area (TPSA) is 37.3 Å². The van der Waals surface area contributed by atoms with Gasteiger partial charge in [0, 0.05) is 12.3 Å². The third kappa shape index (κ3) is 3.54. The Kier molecular flexibility index (Phi) is 5.99. The number of Topliss-reactive ketones (excluding diaryl/α,β-unsaturated/α-hetero) is 1. The molecule has 0 aliphatic heterocycles. The second-order valence-corrected chi connectivity index (χ2v) is 12.3. The van der Waals surface area contributed by atoms with Crippen LogP contribution in [-0.4, -0.2) is 17.0 Å². The fourth-order valence-electron chi connectivity index (χ4n) is 8.95. The molecule has 0 radical (unpaired) electrons. The SMILES string of the molecule is CCC(C)CC[C@@H](C)[C@H]1CC[C@H]2[C@@H]3CC(=O)[C@H]4C[C@H](O)CC[C@]4(C)[C@H]3CC[C@]12C. The molecule has 0 aromatic rings. The van der Waals surface area contributed by atoms with Crippen molar-refractivity contribution in [2.45, 2.75) is 111 Å². The molecule has 0 saturated heterocycles. The zero-order valence-electron chi connectivity index (χ0n) is 19.8. The quantitative estimate of drug-likeness (QED) is 0.559. The molecule has 2 nitrogen and oxygen atoms in total. The number of ketones is 1. The van der Waals surface area contributed by atoms with Gasteiger partial charge in [0.25, 0.3) is 0 Å². The van der Waals surface area contributed by atoms with E-state index in [1.54, 1.807) is 0 Å². The molecule has 29 heavy (non-hydrogen) atoms. The molecule has 4 fully saturated rings. The van der Waals surface area contributed by atoms with E-state index in [1.807, 2.05) is 0 Å². The number of rotatable bonds is 5. The molecule has 10 atom stereocenters. The molecule has 1 unspecified atom stereocenters. The molecular weight excluding hydrogens is 356 g/mol. The minimum Gasteiger partial charge on any atom is -0.393 e. The second-order valence-electron chi connectivity index (χ2n) is 12.3. The lowest BCUT2D eigenvalue weighted by Crippen LogP contribution is -2.57. The van der Waals surface area contributed by atoms with E-state index in [2.05, 4.69) is 34.6 Å². The Labute approximate surface area is 179 Å². The van der Waals surface area contributed by atoms with Crippen LogP contribution in [0.15, 0.2) is 0 Å². The van der Waals surface area contributed by atoms with E-state index in [1.165, 1.54) is 44.9 Å². The smallest absolute Gasteiger partial charge is 0.136 e. The standard InChI is InChI=1S/C27H46O2/c1-6-17(2)7-8-18(3)21-9-10-22-20-16-25(29)24-15-19(28)11-13-27(24,5)23(20)12-14-26(21,22)4/h17-24,28H,6-16H2,1-5H3/t17?,18-,19-,20+,21-,22+,23+,24-,26-,27-/m1/s1. The van der Waals surface area contributed by atoms with Crippen molar-refractivity contribution in [1.82, 2.24) is 0 Å². The Balaban J connectivity index is 1.52. The molecule has 0 bridgehead atoms. The molecule has 4 aliphatic carbocycles. The Morgan fingerprint density at radius 2 is 1.69 bits per heavy atom. The molecule has 4 aliphatic rings. The van der Waals surface area contributed by atoms with Gasteiger partial charge in [-0.2, -0.15) is 0 Å². The maximum atomic E-state index is 13.2. The van der Waals surface area contributed by atoms with E-state index in [0.717, 1.165) is 49.4 Å². The van der Waals surface area contributed by atoms with Crippen LogP contribution in [0.5, 0.6) is 0 Å². The average molecular weight is 403 g/mol. The summed E-state index contributed by atoms with van der Waals surface area (Å²) in [6, 6.07) is 0. The average Bonchev–Trinajstić information content (AvgIpc) is 3.05. The van der Waals surface area contributed by atoms with E-state index in [0.29, 0.717) is 23.0 Å². The summed E-state index contributed by atoms with van der Waals surface area (Å²) in [5.41, 5.74) is 0.606. The molecular formula is C27H46O2. The maximum Gasteiger partial charge on any atom is 0.136 e. The van der Waals surface area contributed by atoms with Crippen molar-refractivity contribution in [3.63, 3.8) is 0 Å². The summed E-state index contributed by atoms with van der Waals surface area (Å²) in [5.74, 6) is 5.23. The van der Waals surface area contributed by atoms with Gasteiger partial charge in [0.1, 0.15) is 5.78 Å². The Bertz CT molecular complexity index is 614. The molecule has 0 aromatic heterocycles. The molecule has 4 rings (SSSR count). The summed E-state index contributed by atoms with van der Waals surface area (Å²) < 4.78 is 0. The molecule has 2 heteroatoms. The lowest BCUT2D eigenvalue weighted by atomic mass is 9.44. The van der Waals surface area contributed by atoms with Gasteiger partial charge in [0.15, 0.2) is 0 Å². The van der Waals surface area contributed by atoms with Gasteiger partial charge in [-0.05, 0) is 91.3 Å². The number of aliphatic hydroxyl groups is 1. The van der Waals surface area contributed by atoms with E-state index >= 15 is 0 Å². The minimum absolute atomic E-state index is 0.128. The van der Waals surface area contributed by atoms with Crippen molar-refractivity contribution in [2.24, 2.45) is 52.3 Å². The van der Waals surface area contributed by atoms with Gasteiger partial charge in [-0.15, -0.1) is 0 Å². The monoisotopic (exact) mass is 402 g/mol. The lowest BCUT2D eigenvalue weighted by molar-refractivity contribution is -0.160. The summed E-state index contributed by atoms with van der Waals surface area (Å²) >= 11 is 0. The van der Waals surface area contributed by atoms with Crippen LogP contribution in [0.2, 0.25) is 0 Å². The molecule has 4 saturated carbocycles. The number of hydrogen-bond donors (Lipinski definition) is 1. The Morgan fingerprint density at radius 1 is 1.00 bits per heavy atom. The van der Waals surface area contributed by atoms with Gasteiger partial charge < -0.3 is 5.11 Å². The highest BCUT2D eigenvalue weighted by molar-refractivity contribution is 5.83. The van der Waals surface area contributed by atoms with Gasteiger partial charge in [-0.1, -0.05) is 53.9 Å². The van der Waals surface area contributed by atoms with Gasteiger partial charge >= 0.3 is 0 Å². The van der Waals surface area contributed by atoms with E-state index in [9.17, 15) is 9.90 Å². The van der Waals surface area contributed by atoms with E-state index in [4.69, 9.17) is 0 Å². The maximum absolute atomic E-state index is 13.2. The minimum atomic E-state index is -0.246. The number of carbonyl (C=O) groups is 1. The number of hydrogen-bond acceptors (Lipinski definition) is 2. The van der Waals surface area contributed by atoms with Gasteiger partial charge in [0.05, 0.1) is 6.10 Å². The van der Waals surface area contributed by atoms with Crippen LogP contribution in [0.1, 0.15) is 105 Å². The second kappa shape index (κ2) is 7.95. The highest BCUT2D eigenvalue weighted by atomic mass is 16.3. The van der Waals surface area contributed by atoms with E-state index in [-0.39, 0.29) is 17.4 Å². The van der Waals surface area contributed by atoms with Gasteiger partial charge in [-0.3, -0.25) is 4.79 Å². The van der Waals surface area contributed by atoms with Crippen molar-refractivity contribution in [3.8, 4) is 0 Å². The summed E-state index contributed by atoms with van der Waals surface area (Å²) in [5, 5.41) is 10.2. The number of aliphatic hydroxyl groups excluding tert-OH is 1. The normalized spacial score (nSPS) is 49.1. The predicted molar refractivity (Wildman–Crippen MR) is 119 cm³/mol. The third-order valence-electron chi connectivity index (χ3n) is 11.0. The summed E-state index contributed by atoms with van der Waals surface area (Å²) in [6.45, 7) is 12.3. The molecule has 0 spiro atoms.